The third-order valence-electron chi connectivity index (χ3n) is 6.33. The number of aromatic amines is 1. The Hall–Kier alpha value is -2.92. The number of hydrogen-bond donors (Lipinski definition) is 1. The molecule has 224 valence electrons. The van der Waals surface area contributed by atoms with Gasteiger partial charge in [0, 0.05) is 25.6 Å². The zero-order valence-electron chi connectivity index (χ0n) is 23.0. The number of H-pyrrole nitrogens is 1. The molecular weight excluding hydrogens is 581 g/mol. The topological polar surface area (TPSA) is 89.4 Å². The fraction of sp³-hybridized carbons (Fsp3) is 0.448. The van der Waals surface area contributed by atoms with E-state index in [1.165, 1.54) is 13.2 Å². The number of allylic oxidation sites excluding steroid dienone is 1. The first kappa shape index (κ1) is 32.6. The summed E-state index contributed by atoms with van der Waals surface area (Å²) in [4.78, 5) is 15.8. The number of hydrogen-bond acceptors (Lipinski definition) is 7. The molecule has 1 aliphatic rings. The van der Waals surface area contributed by atoms with Gasteiger partial charge in [0.05, 0.1) is 26.4 Å². The van der Waals surface area contributed by atoms with Crippen molar-refractivity contribution in [1.82, 2.24) is 5.32 Å². The van der Waals surface area contributed by atoms with Crippen LogP contribution in [0.1, 0.15) is 36.5 Å². The molecule has 1 heterocycles. The summed E-state index contributed by atoms with van der Waals surface area (Å²) in [7, 11) is 3.11. The van der Waals surface area contributed by atoms with Gasteiger partial charge in [-0.1, -0.05) is 41.9 Å². The third-order valence-corrected chi connectivity index (χ3v) is 7.00. The number of aromatic nitrogens is 1. The van der Waals surface area contributed by atoms with Crippen molar-refractivity contribution < 1.29 is 42.2 Å². The second kappa shape index (κ2) is 16.5. The number of carbonyl (C=O) groups is 1. The van der Waals surface area contributed by atoms with E-state index in [0.717, 1.165) is 12.8 Å². The molecule has 1 aromatic carbocycles. The van der Waals surface area contributed by atoms with Gasteiger partial charge in [-0.3, -0.25) is 4.79 Å². The van der Waals surface area contributed by atoms with Crippen LogP contribution in [0.2, 0.25) is 10.0 Å². The van der Waals surface area contributed by atoms with Gasteiger partial charge in [-0.25, -0.2) is 4.98 Å². The Labute approximate surface area is 248 Å². The van der Waals surface area contributed by atoms with Crippen molar-refractivity contribution in [3.63, 3.8) is 0 Å². The molecule has 2 aromatic rings. The molecule has 0 amide bonds. The maximum atomic E-state index is 13.0. The van der Waals surface area contributed by atoms with E-state index in [1.54, 1.807) is 37.7 Å². The zero-order chi connectivity index (χ0) is 29.8. The van der Waals surface area contributed by atoms with Crippen LogP contribution in [-0.2, 0) is 25.4 Å². The first-order chi connectivity index (χ1) is 19.7. The normalized spacial score (nSPS) is 14.6. The van der Waals surface area contributed by atoms with Crippen LogP contribution in [-0.4, -0.2) is 52.6 Å². The lowest BCUT2D eigenvalue weighted by Gasteiger charge is -2.21. The van der Waals surface area contributed by atoms with Crippen LogP contribution in [0.3, 0.4) is 0 Å². The summed E-state index contributed by atoms with van der Waals surface area (Å²) in [5.41, 5.74) is 1.05. The van der Waals surface area contributed by atoms with E-state index in [-0.39, 0.29) is 30.6 Å². The van der Waals surface area contributed by atoms with Gasteiger partial charge in [-0.15, -0.1) is 0 Å². The molecule has 0 bridgehead atoms. The molecule has 2 N–H and O–H groups in total. The average Bonchev–Trinajstić information content (AvgIpc) is 3.77. The molecule has 1 fully saturated rings. The number of methoxy groups -OCH3 is 2. The van der Waals surface area contributed by atoms with Crippen LogP contribution >= 0.6 is 23.2 Å². The van der Waals surface area contributed by atoms with Gasteiger partial charge in [0.1, 0.15) is 21.9 Å². The fourth-order valence-corrected chi connectivity index (χ4v) is 4.36. The number of benzene rings is 1. The van der Waals surface area contributed by atoms with Gasteiger partial charge in [0.25, 0.3) is 0 Å². The predicted molar refractivity (Wildman–Crippen MR) is 150 cm³/mol. The minimum atomic E-state index is -3.02. The monoisotopic (exact) mass is 615 g/mol. The van der Waals surface area contributed by atoms with Gasteiger partial charge in [-0.05, 0) is 49.0 Å². The van der Waals surface area contributed by atoms with E-state index in [4.69, 9.17) is 42.1 Å². The van der Waals surface area contributed by atoms with Crippen LogP contribution in [0, 0.1) is 5.92 Å². The quantitative estimate of drug-likeness (QED) is 0.130. The molecule has 1 saturated carbocycles. The maximum Gasteiger partial charge on any atom is 0.387 e. The standard InChI is InChI=1S/C29H34Cl2F2N2O6/c1-18(37-2)5-4-6-21(38-3)13-34-16-28(36)40-26(12-22-23(30)14-35-15-24(22)31)20-9-10-25(41-29(32)33)27(11-20)39-17-19-7-8-19/h4-5,9-11,14-15,19,21,26,29,34H,1,6-8,12-13,16-17H2,2-3H3/p+1/b5-4-/t21?,26-/m0/s1. The summed E-state index contributed by atoms with van der Waals surface area (Å²) in [6.45, 7) is 1.35. The highest BCUT2D eigenvalue weighted by Crippen LogP contribution is 2.37. The number of alkyl halides is 2. The van der Waals surface area contributed by atoms with E-state index < -0.39 is 18.7 Å². The number of esters is 1. The van der Waals surface area contributed by atoms with Crippen LogP contribution in [0.4, 0.5) is 8.78 Å². The molecule has 1 aromatic heterocycles. The lowest BCUT2D eigenvalue weighted by molar-refractivity contribution is -0.377. The Balaban J connectivity index is 1.74. The lowest BCUT2D eigenvalue weighted by atomic mass is 10.0. The SMILES string of the molecule is C=C(/C=C\CC(CNCC(=O)O[C@@H](Cc1c(Cl)c[nH+]cc1Cl)c1ccc(OC(F)F)c(OCC2CC2)c1)OC)OC. The van der Waals surface area contributed by atoms with Gasteiger partial charge < -0.3 is 29.0 Å². The first-order valence-corrected chi connectivity index (χ1v) is 13.8. The highest BCUT2D eigenvalue weighted by Gasteiger charge is 2.26. The number of halogens is 4. The van der Waals surface area contributed by atoms with Crippen molar-refractivity contribution in [2.75, 3.05) is 33.9 Å². The van der Waals surface area contributed by atoms with Gasteiger partial charge in [0.2, 0.25) is 0 Å². The van der Waals surface area contributed by atoms with Crippen molar-refractivity contribution in [1.29, 1.82) is 0 Å². The second-order valence-corrected chi connectivity index (χ2v) is 10.3. The van der Waals surface area contributed by atoms with E-state index >= 15 is 0 Å². The molecule has 0 spiro atoms. The largest absolute Gasteiger partial charge is 0.497 e. The van der Waals surface area contributed by atoms with Crippen LogP contribution < -0.4 is 19.8 Å². The van der Waals surface area contributed by atoms with Crippen molar-refractivity contribution in [3.8, 4) is 11.5 Å². The second-order valence-electron chi connectivity index (χ2n) is 9.45. The Morgan fingerprint density at radius 3 is 2.56 bits per heavy atom. The highest BCUT2D eigenvalue weighted by molar-refractivity contribution is 6.35. The van der Waals surface area contributed by atoms with Gasteiger partial charge >= 0.3 is 12.6 Å². The highest BCUT2D eigenvalue weighted by atomic mass is 35.5. The molecule has 0 aliphatic heterocycles. The van der Waals surface area contributed by atoms with Crippen LogP contribution in [0.5, 0.6) is 11.5 Å². The van der Waals surface area contributed by atoms with Crippen LogP contribution in [0.25, 0.3) is 0 Å². The summed E-state index contributed by atoms with van der Waals surface area (Å²) in [6, 6.07) is 4.47. The molecule has 1 unspecified atom stereocenters. The number of ether oxygens (including phenoxy) is 5. The summed E-state index contributed by atoms with van der Waals surface area (Å²) in [5.74, 6) is 0.390. The first-order valence-electron chi connectivity index (χ1n) is 13.1. The molecule has 2 atom stereocenters. The maximum absolute atomic E-state index is 13.0. The van der Waals surface area contributed by atoms with E-state index in [9.17, 15) is 13.6 Å². The van der Waals surface area contributed by atoms with Gasteiger partial charge in [0.15, 0.2) is 23.9 Å². The van der Waals surface area contributed by atoms with E-state index in [0.29, 0.717) is 52.4 Å². The molecule has 3 rings (SSSR count). The molecule has 0 saturated heterocycles. The number of rotatable bonds is 18. The van der Waals surface area contributed by atoms with E-state index in [1.807, 2.05) is 6.08 Å². The Bertz CT molecular complexity index is 1180. The van der Waals surface area contributed by atoms with Crippen molar-refractivity contribution in [2.24, 2.45) is 5.92 Å². The average molecular weight is 617 g/mol. The number of pyridine rings is 1. The van der Waals surface area contributed by atoms with Crippen molar-refractivity contribution >= 4 is 29.2 Å². The molecular formula is C29H35Cl2F2N2O6+. The minimum Gasteiger partial charge on any atom is -0.497 e. The summed E-state index contributed by atoms with van der Waals surface area (Å²) in [5, 5.41) is 3.75. The summed E-state index contributed by atoms with van der Waals surface area (Å²) in [6.07, 6.45) is 8.41. The summed E-state index contributed by atoms with van der Waals surface area (Å²) >= 11 is 12.8. The Morgan fingerprint density at radius 1 is 1.20 bits per heavy atom. The molecule has 1 aliphatic carbocycles. The Kier molecular flexibility index (Phi) is 13.1. The molecule has 0 radical (unpaired) electrons. The van der Waals surface area contributed by atoms with Gasteiger partial charge in [-0.2, -0.15) is 8.78 Å². The number of carbonyl (C=O) groups excluding carboxylic acids is 1. The molecule has 12 heteroatoms. The van der Waals surface area contributed by atoms with Crippen molar-refractivity contribution in [2.45, 2.75) is 44.5 Å². The molecule has 41 heavy (non-hydrogen) atoms. The lowest BCUT2D eigenvalue weighted by Crippen LogP contribution is -2.33. The third kappa shape index (κ3) is 11.1. The number of nitrogens with one attached hydrogen (secondary N) is 2. The molecule has 8 nitrogen and oxygen atoms in total. The fourth-order valence-electron chi connectivity index (χ4n) is 3.83. The predicted octanol–water partition coefficient (Wildman–Crippen LogP) is 5.74. The zero-order valence-corrected chi connectivity index (χ0v) is 24.5. The van der Waals surface area contributed by atoms with E-state index in [2.05, 4.69) is 21.6 Å². The van der Waals surface area contributed by atoms with Crippen molar-refractivity contribution in [3.05, 3.63) is 76.3 Å². The smallest absolute Gasteiger partial charge is 0.387 e. The van der Waals surface area contributed by atoms with Crippen LogP contribution in [0.15, 0.2) is 55.1 Å². The summed E-state index contributed by atoms with van der Waals surface area (Å²) < 4.78 is 52.8. The minimum absolute atomic E-state index is 0.102. The Morgan fingerprint density at radius 2 is 1.93 bits per heavy atom.